The third-order valence-electron chi connectivity index (χ3n) is 3.68. The van der Waals surface area contributed by atoms with Crippen molar-refractivity contribution in [1.29, 1.82) is 0 Å². The fourth-order valence-corrected chi connectivity index (χ4v) is 2.62. The predicted molar refractivity (Wildman–Crippen MR) is 96.1 cm³/mol. The van der Waals surface area contributed by atoms with Gasteiger partial charge < -0.3 is 4.74 Å². The molecule has 0 saturated carbocycles. The topological polar surface area (TPSA) is 29.5 Å². The second-order valence-corrected chi connectivity index (χ2v) is 5.54. The smallest absolute Gasteiger partial charge is 0.330 e. The average molecular weight is 315 g/mol. The lowest BCUT2D eigenvalue weighted by molar-refractivity contribution is -0.137. The summed E-state index contributed by atoms with van der Waals surface area (Å²) in [5.41, 5.74) is 1.30. The van der Waals surface area contributed by atoms with Crippen molar-refractivity contribution >= 4 is 5.97 Å². The van der Waals surface area contributed by atoms with E-state index in [9.17, 15) is 4.79 Å². The minimum Gasteiger partial charge on any atom is -0.463 e. The number of nitrogens with zero attached hydrogens (tertiary/aromatic N) is 1. The first-order valence-corrected chi connectivity index (χ1v) is 8.43. The van der Waals surface area contributed by atoms with Gasteiger partial charge in [0.15, 0.2) is 0 Å². The Hall–Kier alpha value is -1.87. The van der Waals surface area contributed by atoms with Crippen LogP contribution in [0.25, 0.3) is 0 Å². The lowest BCUT2D eigenvalue weighted by atomic mass is 10.0. The van der Waals surface area contributed by atoms with Gasteiger partial charge in [-0.3, -0.25) is 4.90 Å². The van der Waals surface area contributed by atoms with Crippen LogP contribution in [-0.2, 0) is 16.1 Å². The zero-order chi connectivity index (χ0) is 16.9. The van der Waals surface area contributed by atoms with E-state index in [0.717, 1.165) is 32.4 Å². The highest BCUT2D eigenvalue weighted by molar-refractivity contribution is 5.81. The third-order valence-corrected chi connectivity index (χ3v) is 3.68. The molecule has 0 N–H and O–H groups in total. The van der Waals surface area contributed by atoms with Crippen molar-refractivity contribution in [3.8, 4) is 0 Å². The molecule has 23 heavy (non-hydrogen) atoms. The first kappa shape index (κ1) is 19.2. The summed E-state index contributed by atoms with van der Waals surface area (Å²) in [6.07, 6.45) is 8.46. The third kappa shape index (κ3) is 7.80. The molecule has 1 unspecified atom stereocenters. The van der Waals surface area contributed by atoms with Gasteiger partial charge in [-0.15, -0.1) is 6.58 Å². The lowest BCUT2D eigenvalue weighted by Crippen LogP contribution is -2.34. The van der Waals surface area contributed by atoms with Crippen LogP contribution >= 0.6 is 0 Å². The summed E-state index contributed by atoms with van der Waals surface area (Å²) in [5, 5.41) is 0. The van der Waals surface area contributed by atoms with Gasteiger partial charge in [0.1, 0.15) is 0 Å². The van der Waals surface area contributed by atoms with E-state index >= 15 is 0 Å². The number of rotatable bonds is 11. The first-order valence-electron chi connectivity index (χ1n) is 8.43. The summed E-state index contributed by atoms with van der Waals surface area (Å²) in [6.45, 7) is 10.0. The van der Waals surface area contributed by atoms with E-state index in [1.165, 1.54) is 5.56 Å². The second kappa shape index (κ2) is 11.7. The van der Waals surface area contributed by atoms with E-state index in [4.69, 9.17) is 4.74 Å². The zero-order valence-corrected chi connectivity index (χ0v) is 14.4. The zero-order valence-electron chi connectivity index (χ0n) is 14.4. The van der Waals surface area contributed by atoms with Crippen LogP contribution in [-0.4, -0.2) is 30.1 Å². The van der Waals surface area contributed by atoms with Gasteiger partial charge in [-0.05, 0) is 25.3 Å². The molecular formula is C20H29NO2. The Morgan fingerprint density at radius 1 is 1.30 bits per heavy atom. The van der Waals surface area contributed by atoms with Crippen molar-refractivity contribution in [2.75, 3.05) is 13.2 Å². The lowest BCUT2D eigenvalue weighted by Gasteiger charge is -2.30. The number of benzene rings is 1. The first-order chi connectivity index (χ1) is 11.2. The Kier molecular flexibility index (Phi) is 9.73. The fraction of sp³-hybridized carbons (Fsp3) is 0.450. The highest BCUT2D eigenvalue weighted by atomic mass is 16.5. The van der Waals surface area contributed by atoms with Gasteiger partial charge in [0.25, 0.3) is 0 Å². The van der Waals surface area contributed by atoms with E-state index in [2.05, 4.69) is 42.7 Å². The maximum atomic E-state index is 11.4. The number of hydrogen-bond donors (Lipinski definition) is 0. The van der Waals surface area contributed by atoms with Crippen LogP contribution < -0.4 is 0 Å². The number of carbonyl (C=O) groups excluding carboxylic acids is 1. The standard InChI is InChI=1S/C20H29NO2/c1-4-11-19(14-10-15-20(22)23-6-3)21(16-5-2)17-18-12-8-7-9-13-18/h5,7-10,12-13,15,19H,2,4,6,11,14,16-17H2,1,3H3/b15-10+. The molecule has 1 aromatic rings. The van der Waals surface area contributed by atoms with Crippen LogP contribution in [0, 0.1) is 0 Å². The van der Waals surface area contributed by atoms with Crippen LogP contribution in [0.4, 0.5) is 0 Å². The number of hydrogen-bond acceptors (Lipinski definition) is 3. The van der Waals surface area contributed by atoms with E-state index < -0.39 is 0 Å². The molecule has 0 bridgehead atoms. The Labute approximate surface area is 140 Å². The van der Waals surface area contributed by atoms with Crippen LogP contribution in [0.3, 0.4) is 0 Å². The largest absolute Gasteiger partial charge is 0.463 e. The molecule has 0 aliphatic carbocycles. The Morgan fingerprint density at radius 2 is 2.04 bits per heavy atom. The van der Waals surface area contributed by atoms with E-state index in [1.54, 1.807) is 6.08 Å². The van der Waals surface area contributed by atoms with Gasteiger partial charge in [0.2, 0.25) is 0 Å². The molecule has 3 heteroatoms. The Bertz CT molecular complexity index is 482. The van der Waals surface area contributed by atoms with Crippen molar-refractivity contribution in [2.45, 2.75) is 45.7 Å². The molecule has 0 aliphatic rings. The van der Waals surface area contributed by atoms with Crippen LogP contribution in [0.1, 0.15) is 38.7 Å². The molecule has 1 rings (SSSR count). The molecule has 0 fully saturated rings. The van der Waals surface area contributed by atoms with Gasteiger partial charge in [0.05, 0.1) is 6.61 Å². The molecule has 0 aliphatic heterocycles. The molecule has 0 heterocycles. The summed E-state index contributed by atoms with van der Waals surface area (Å²) in [5.74, 6) is -0.263. The monoisotopic (exact) mass is 315 g/mol. The van der Waals surface area contributed by atoms with Gasteiger partial charge in [-0.25, -0.2) is 4.79 Å². The molecule has 126 valence electrons. The molecule has 0 amide bonds. The van der Waals surface area contributed by atoms with E-state index in [0.29, 0.717) is 12.6 Å². The summed E-state index contributed by atoms with van der Waals surface area (Å²) in [4.78, 5) is 13.8. The number of ether oxygens (including phenoxy) is 1. The highest BCUT2D eigenvalue weighted by Crippen LogP contribution is 2.16. The molecule has 1 aromatic carbocycles. The summed E-state index contributed by atoms with van der Waals surface area (Å²) < 4.78 is 4.93. The molecule has 0 spiro atoms. The van der Waals surface area contributed by atoms with Crippen LogP contribution in [0.15, 0.2) is 55.1 Å². The maximum Gasteiger partial charge on any atom is 0.330 e. The van der Waals surface area contributed by atoms with E-state index in [1.807, 2.05) is 25.1 Å². The molecule has 0 radical (unpaired) electrons. The number of esters is 1. The Balaban J connectivity index is 2.72. The summed E-state index contributed by atoms with van der Waals surface area (Å²) in [7, 11) is 0. The average Bonchev–Trinajstić information content (AvgIpc) is 2.55. The van der Waals surface area contributed by atoms with Gasteiger partial charge in [-0.2, -0.15) is 0 Å². The van der Waals surface area contributed by atoms with Gasteiger partial charge in [-0.1, -0.05) is 55.8 Å². The van der Waals surface area contributed by atoms with Gasteiger partial charge in [0, 0.05) is 25.2 Å². The summed E-state index contributed by atoms with van der Waals surface area (Å²) >= 11 is 0. The molecule has 3 nitrogen and oxygen atoms in total. The van der Waals surface area contributed by atoms with Crippen LogP contribution in [0.2, 0.25) is 0 Å². The van der Waals surface area contributed by atoms with Crippen molar-refractivity contribution in [3.05, 3.63) is 60.7 Å². The van der Waals surface area contributed by atoms with Crippen molar-refractivity contribution in [1.82, 2.24) is 4.90 Å². The fourth-order valence-electron chi connectivity index (χ4n) is 2.62. The predicted octanol–water partition coefficient (Wildman–Crippen LogP) is 4.35. The van der Waals surface area contributed by atoms with Crippen LogP contribution in [0.5, 0.6) is 0 Å². The number of carbonyl (C=O) groups is 1. The van der Waals surface area contributed by atoms with Crippen molar-refractivity contribution in [3.63, 3.8) is 0 Å². The summed E-state index contributed by atoms with van der Waals surface area (Å²) in [6, 6.07) is 10.9. The quantitative estimate of drug-likeness (QED) is 0.345. The molecular weight excluding hydrogens is 286 g/mol. The Morgan fingerprint density at radius 3 is 2.65 bits per heavy atom. The van der Waals surface area contributed by atoms with Gasteiger partial charge >= 0.3 is 5.97 Å². The van der Waals surface area contributed by atoms with E-state index in [-0.39, 0.29) is 5.97 Å². The highest BCUT2D eigenvalue weighted by Gasteiger charge is 2.16. The SMILES string of the molecule is C=CCN(Cc1ccccc1)C(C/C=C/C(=O)OCC)CCC. The minimum absolute atomic E-state index is 0.263. The minimum atomic E-state index is -0.263. The second-order valence-electron chi connectivity index (χ2n) is 5.54. The maximum absolute atomic E-state index is 11.4. The molecule has 0 saturated heterocycles. The van der Waals surface area contributed by atoms with Crippen molar-refractivity contribution in [2.24, 2.45) is 0 Å². The van der Waals surface area contributed by atoms with Crippen molar-refractivity contribution < 1.29 is 9.53 Å². The molecule has 0 aromatic heterocycles. The normalized spacial score (nSPS) is 12.5. The molecule has 1 atom stereocenters.